The summed E-state index contributed by atoms with van der Waals surface area (Å²) in [5.41, 5.74) is -0.820. The fraction of sp³-hybridized carbons (Fsp3) is 0.212. The van der Waals surface area contributed by atoms with E-state index in [1.807, 2.05) is 24.3 Å². The maximum absolute atomic E-state index is 15.6. The topological polar surface area (TPSA) is 56.1 Å². The van der Waals surface area contributed by atoms with Crippen LogP contribution in [0.5, 0.6) is 5.75 Å². The first-order valence-corrected chi connectivity index (χ1v) is 14.7. The number of aromatic nitrogens is 2. The van der Waals surface area contributed by atoms with E-state index in [1.165, 1.54) is 41.6 Å². The molecule has 0 radical (unpaired) electrons. The van der Waals surface area contributed by atoms with Gasteiger partial charge in [0, 0.05) is 46.8 Å². The van der Waals surface area contributed by atoms with Crippen LogP contribution in [0.4, 0.5) is 27.6 Å². The lowest BCUT2D eigenvalue weighted by Crippen LogP contribution is -2.31. The van der Waals surface area contributed by atoms with Crippen molar-refractivity contribution in [1.82, 2.24) is 9.55 Å². The molecule has 1 aliphatic rings. The van der Waals surface area contributed by atoms with Crippen LogP contribution in [0.15, 0.2) is 82.9 Å². The van der Waals surface area contributed by atoms with E-state index in [1.54, 1.807) is 19.3 Å². The molecular formula is C33H26F5N3O2S. The van der Waals surface area contributed by atoms with Crippen LogP contribution in [0, 0.1) is 18.6 Å². The van der Waals surface area contributed by atoms with Crippen LogP contribution in [0.2, 0.25) is 0 Å². The van der Waals surface area contributed by atoms with Crippen LogP contribution in [-0.4, -0.2) is 29.0 Å². The van der Waals surface area contributed by atoms with Crippen LogP contribution < -0.4 is 15.6 Å². The molecular weight excluding hydrogens is 597 g/mol. The van der Waals surface area contributed by atoms with Gasteiger partial charge in [0.05, 0.1) is 41.2 Å². The molecule has 11 heteroatoms. The molecule has 2 aromatic heterocycles. The van der Waals surface area contributed by atoms with Crippen LogP contribution in [0.3, 0.4) is 0 Å². The molecule has 0 spiro atoms. The Morgan fingerprint density at radius 3 is 2.57 bits per heavy atom. The number of thioether (sulfide) groups is 1. The number of fused-ring (bicyclic) bond motifs is 2. The Morgan fingerprint density at radius 2 is 1.80 bits per heavy atom. The Labute approximate surface area is 253 Å². The summed E-state index contributed by atoms with van der Waals surface area (Å²) in [6.45, 7) is 1.85. The maximum Gasteiger partial charge on any atom is 0.416 e. The highest BCUT2D eigenvalue weighted by Crippen LogP contribution is 2.42. The minimum Gasteiger partial charge on any atom is -0.494 e. The van der Waals surface area contributed by atoms with Crippen LogP contribution in [0.1, 0.15) is 28.3 Å². The largest absolute Gasteiger partial charge is 0.494 e. The Kier molecular flexibility index (Phi) is 7.83. The van der Waals surface area contributed by atoms with Gasteiger partial charge in [0.2, 0.25) is 0 Å². The first-order valence-electron chi connectivity index (χ1n) is 13.7. The van der Waals surface area contributed by atoms with Crippen molar-refractivity contribution >= 4 is 28.2 Å². The number of hydrogen-bond donors (Lipinski definition) is 1. The summed E-state index contributed by atoms with van der Waals surface area (Å²) in [6, 6.07) is 14.4. The molecule has 0 fully saturated rings. The van der Waals surface area contributed by atoms with Gasteiger partial charge in [0.15, 0.2) is 11.6 Å². The lowest BCUT2D eigenvalue weighted by molar-refractivity contribution is -0.138. The number of hydrogen-bond acceptors (Lipinski definition) is 5. The molecule has 1 aliphatic heterocycles. The third-order valence-electron chi connectivity index (χ3n) is 7.94. The number of ether oxygens (including phenoxy) is 1. The van der Waals surface area contributed by atoms with E-state index in [9.17, 15) is 18.0 Å². The van der Waals surface area contributed by atoms with Crippen molar-refractivity contribution in [2.24, 2.45) is 0 Å². The predicted octanol–water partition coefficient (Wildman–Crippen LogP) is 8.03. The van der Waals surface area contributed by atoms with Crippen molar-refractivity contribution in [2.75, 3.05) is 24.7 Å². The van der Waals surface area contributed by atoms with Gasteiger partial charge in [-0.15, -0.1) is 11.8 Å². The van der Waals surface area contributed by atoms with E-state index in [0.717, 1.165) is 34.7 Å². The van der Waals surface area contributed by atoms with Crippen molar-refractivity contribution in [3.63, 3.8) is 0 Å². The Hall–Kier alpha value is -4.38. The number of alkyl halides is 3. The summed E-state index contributed by atoms with van der Waals surface area (Å²) in [4.78, 5) is 18.5. The molecule has 44 heavy (non-hydrogen) atoms. The van der Waals surface area contributed by atoms with Crippen LogP contribution in [0.25, 0.3) is 21.9 Å². The maximum atomic E-state index is 15.6. The van der Waals surface area contributed by atoms with Crippen LogP contribution >= 0.6 is 11.8 Å². The van der Waals surface area contributed by atoms with Crippen molar-refractivity contribution in [3.05, 3.63) is 117 Å². The quantitative estimate of drug-likeness (QED) is 0.186. The molecule has 0 saturated heterocycles. The zero-order chi connectivity index (χ0) is 31.2. The van der Waals surface area contributed by atoms with Gasteiger partial charge in [0.25, 0.3) is 5.56 Å². The summed E-state index contributed by atoms with van der Waals surface area (Å²) >= 11 is 1.31. The highest BCUT2D eigenvalue weighted by Gasteiger charge is 2.37. The molecule has 1 N–H and O–H groups in total. The van der Waals surface area contributed by atoms with E-state index in [4.69, 9.17) is 4.74 Å². The Bertz CT molecular complexity index is 1950. The molecule has 3 heterocycles. The molecule has 5 nitrogen and oxygen atoms in total. The summed E-state index contributed by atoms with van der Waals surface area (Å²) in [6.07, 6.45) is -1.81. The second kappa shape index (κ2) is 11.6. The fourth-order valence-electron chi connectivity index (χ4n) is 5.77. The Balaban J connectivity index is 1.51. The minimum absolute atomic E-state index is 0.00984. The van der Waals surface area contributed by atoms with Crippen molar-refractivity contribution in [3.8, 4) is 16.9 Å². The molecule has 3 aromatic carbocycles. The average Bonchev–Trinajstić information content (AvgIpc) is 3.43. The number of rotatable bonds is 7. The third kappa shape index (κ3) is 5.19. The van der Waals surface area contributed by atoms with E-state index in [0.29, 0.717) is 16.3 Å². The molecule has 5 aromatic rings. The van der Waals surface area contributed by atoms with Crippen molar-refractivity contribution < 1.29 is 26.7 Å². The van der Waals surface area contributed by atoms with Gasteiger partial charge in [-0.2, -0.15) is 13.2 Å². The predicted molar refractivity (Wildman–Crippen MR) is 162 cm³/mol. The normalized spacial score (nSPS) is 14.6. The number of nitrogens with one attached hydrogen (secondary N) is 1. The van der Waals surface area contributed by atoms with E-state index >= 15 is 8.78 Å². The van der Waals surface area contributed by atoms with Gasteiger partial charge in [-0.1, -0.05) is 42.5 Å². The lowest BCUT2D eigenvalue weighted by atomic mass is 9.92. The number of anilines is 1. The molecule has 1 atom stereocenters. The third-order valence-corrected chi connectivity index (χ3v) is 9.21. The molecule has 6 rings (SSSR count). The highest BCUT2D eigenvalue weighted by atomic mass is 32.2. The average molecular weight is 624 g/mol. The SMILES string of the molecule is COc1cccc(-c2c(C)c(Cc3c(F)cccc3C(F)(F)F)c3n(c2=O)C(CNc2cncc4ccccc24)CS3)c1F. The van der Waals surface area contributed by atoms with Gasteiger partial charge in [-0.3, -0.25) is 14.3 Å². The summed E-state index contributed by atoms with van der Waals surface area (Å²) in [5.74, 6) is -1.45. The van der Waals surface area contributed by atoms with Gasteiger partial charge in [-0.25, -0.2) is 8.78 Å². The van der Waals surface area contributed by atoms with Crippen molar-refractivity contribution in [2.45, 2.75) is 30.6 Å². The lowest BCUT2D eigenvalue weighted by Gasteiger charge is -2.22. The second-order valence-electron chi connectivity index (χ2n) is 10.5. The van der Waals surface area contributed by atoms with E-state index in [2.05, 4.69) is 10.3 Å². The second-order valence-corrected chi connectivity index (χ2v) is 11.5. The first-order chi connectivity index (χ1) is 21.1. The summed E-state index contributed by atoms with van der Waals surface area (Å²) < 4.78 is 79.3. The molecule has 0 bridgehead atoms. The zero-order valence-corrected chi connectivity index (χ0v) is 24.5. The number of benzene rings is 3. The number of methoxy groups -OCH3 is 1. The molecule has 226 valence electrons. The van der Waals surface area contributed by atoms with Gasteiger partial charge in [0.1, 0.15) is 5.82 Å². The first kappa shape index (κ1) is 29.7. The number of nitrogens with zero attached hydrogens (tertiary/aromatic N) is 2. The van der Waals surface area contributed by atoms with Gasteiger partial charge < -0.3 is 10.1 Å². The molecule has 0 saturated carbocycles. The number of pyridine rings is 2. The molecule has 0 aliphatic carbocycles. The van der Waals surface area contributed by atoms with E-state index in [-0.39, 0.29) is 29.0 Å². The zero-order valence-electron chi connectivity index (χ0n) is 23.6. The standard InChI is InChI=1S/C33H26F5N3O2S/c1-18-23(13-24-25(33(36,37)38)10-6-11-26(24)34)32-41(31(42)29(18)22-9-5-12-28(43-2)30(22)35)20(17-44-32)15-40-27-16-39-14-19-7-3-4-8-21(19)27/h3-12,14,16,20,40H,13,15,17H2,1-2H3. The Morgan fingerprint density at radius 1 is 1.02 bits per heavy atom. The summed E-state index contributed by atoms with van der Waals surface area (Å²) in [5, 5.41) is 5.66. The monoisotopic (exact) mass is 623 g/mol. The van der Waals surface area contributed by atoms with Crippen LogP contribution in [-0.2, 0) is 12.6 Å². The molecule has 1 unspecified atom stereocenters. The minimum atomic E-state index is -4.80. The summed E-state index contributed by atoms with van der Waals surface area (Å²) in [7, 11) is 1.30. The smallest absolute Gasteiger partial charge is 0.416 e. The molecule has 0 amide bonds. The fourth-order valence-corrected chi connectivity index (χ4v) is 7.16. The van der Waals surface area contributed by atoms with Gasteiger partial charge >= 0.3 is 6.18 Å². The van der Waals surface area contributed by atoms with Gasteiger partial charge in [-0.05, 0) is 36.2 Å². The highest BCUT2D eigenvalue weighted by molar-refractivity contribution is 7.99. The van der Waals surface area contributed by atoms with Crippen molar-refractivity contribution in [1.29, 1.82) is 0 Å². The number of halogens is 5. The van der Waals surface area contributed by atoms with E-state index < -0.39 is 47.0 Å².